The molecule has 0 atom stereocenters. The SMILES string of the molecule is CS(C)=O.FC(F)Cl. The molecule has 0 spiro atoms. The fourth-order valence-corrected chi connectivity index (χ4v) is 0. The van der Waals surface area contributed by atoms with Crippen LogP contribution in [0.15, 0.2) is 0 Å². The highest BCUT2D eigenvalue weighted by Gasteiger charge is 1.83. The van der Waals surface area contributed by atoms with Crippen molar-refractivity contribution in [3.05, 3.63) is 0 Å². The first kappa shape index (κ1) is 11.1. The largest absolute Gasteiger partial charge is 0.312 e. The van der Waals surface area contributed by atoms with Crippen LogP contribution in [-0.4, -0.2) is 22.6 Å². The van der Waals surface area contributed by atoms with Gasteiger partial charge in [-0.3, -0.25) is 4.21 Å². The third kappa shape index (κ3) is 1970. The van der Waals surface area contributed by atoms with Crippen LogP contribution in [0.25, 0.3) is 0 Å². The first-order valence-electron chi connectivity index (χ1n) is 1.64. The maximum atomic E-state index is 10.1. The zero-order valence-electron chi connectivity index (χ0n) is 4.53. The van der Waals surface area contributed by atoms with E-state index in [9.17, 15) is 13.0 Å². The van der Waals surface area contributed by atoms with E-state index in [1.54, 1.807) is 12.5 Å². The molecule has 0 amide bonds. The minimum atomic E-state index is -2.69. The van der Waals surface area contributed by atoms with Crippen molar-refractivity contribution in [2.24, 2.45) is 0 Å². The van der Waals surface area contributed by atoms with Crippen LogP contribution >= 0.6 is 11.6 Å². The van der Waals surface area contributed by atoms with E-state index in [0.717, 1.165) is 0 Å². The van der Waals surface area contributed by atoms with Crippen LogP contribution in [0, 0.1) is 0 Å². The number of rotatable bonds is 0. The summed E-state index contributed by atoms with van der Waals surface area (Å²) >= 11 is 3.94. The fraction of sp³-hybridized carbons (Fsp3) is 1.00. The Morgan fingerprint density at radius 2 is 1.50 bits per heavy atom. The molecule has 0 radical (unpaired) electrons. The smallest absolute Gasteiger partial charge is 0.260 e. The molecule has 0 aliphatic rings. The molecule has 0 aromatic rings. The number of hydrogen-bond donors (Lipinski definition) is 0. The van der Waals surface area contributed by atoms with E-state index < -0.39 is 16.7 Å². The summed E-state index contributed by atoms with van der Waals surface area (Å²) in [4.78, 5) is 0. The summed E-state index contributed by atoms with van der Waals surface area (Å²) in [5.41, 5.74) is 0. The Morgan fingerprint density at radius 1 is 1.50 bits per heavy atom. The molecule has 0 fully saturated rings. The molecule has 0 heterocycles. The van der Waals surface area contributed by atoms with Crippen molar-refractivity contribution in [2.45, 2.75) is 5.88 Å². The van der Waals surface area contributed by atoms with Gasteiger partial charge < -0.3 is 0 Å². The summed E-state index contributed by atoms with van der Waals surface area (Å²) < 4.78 is 29.8. The lowest BCUT2D eigenvalue weighted by atomic mass is 11.7. The summed E-state index contributed by atoms with van der Waals surface area (Å²) in [5, 5.41) is 0. The van der Waals surface area contributed by atoms with Crippen molar-refractivity contribution in [2.75, 3.05) is 12.5 Å². The van der Waals surface area contributed by atoms with E-state index in [4.69, 9.17) is 0 Å². The summed E-state index contributed by atoms with van der Waals surface area (Å²) in [7, 11) is -0.611. The van der Waals surface area contributed by atoms with Crippen molar-refractivity contribution in [3.8, 4) is 0 Å². The molecule has 0 saturated heterocycles. The number of alkyl halides is 3. The average molecular weight is 165 g/mol. The third-order valence-corrected chi connectivity index (χ3v) is 0. The normalized spacial score (nSPS) is 8.88. The third-order valence-electron chi connectivity index (χ3n) is 0. The first-order valence-corrected chi connectivity index (χ1v) is 4.04. The molecule has 0 aliphatic carbocycles. The van der Waals surface area contributed by atoms with Crippen LogP contribution in [-0.2, 0) is 10.8 Å². The molecular formula is C3H7ClF2OS. The number of halogens is 3. The highest BCUT2D eigenvalue weighted by Crippen LogP contribution is 1.93. The maximum absolute atomic E-state index is 10.1. The van der Waals surface area contributed by atoms with Crippen LogP contribution in [0.3, 0.4) is 0 Å². The van der Waals surface area contributed by atoms with Crippen LogP contribution in [0.1, 0.15) is 0 Å². The standard InChI is InChI=1S/C2H6OS.CHClF2/c1-4(2)3;2-1(3)4/h1-2H3;1H. The highest BCUT2D eigenvalue weighted by molar-refractivity contribution is 7.83. The van der Waals surface area contributed by atoms with Gasteiger partial charge in [0.05, 0.1) is 0 Å². The van der Waals surface area contributed by atoms with Crippen LogP contribution in [0.4, 0.5) is 8.78 Å². The summed E-state index contributed by atoms with van der Waals surface area (Å²) in [6, 6.07) is 0. The van der Waals surface area contributed by atoms with Crippen LogP contribution in [0.5, 0.6) is 0 Å². The van der Waals surface area contributed by atoms with Gasteiger partial charge in [0.15, 0.2) is 0 Å². The van der Waals surface area contributed by atoms with Gasteiger partial charge in [-0.2, -0.15) is 8.78 Å². The van der Waals surface area contributed by atoms with Gasteiger partial charge in [-0.05, 0) is 0 Å². The fourth-order valence-electron chi connectivity index (χ4n) is 0. The number of hydrogen-bond acceptors (Lipinski definition) is 1. The lowest BCUT2D eigenvalue weighted by Crippen LogP contribution is -1.70. The van der Waals surface area contributed by atoms with E-state index in [1.165, 1.54) is 0 Å². The van der Waals surface area contributed by atoms with Gasteiger partial charge in [0.1, 0.15) is 0 Å². The molecule has 5 heteroatoms. The minimum Gasteiger partial charge on any atom is -0.260 e. The zero-order valence-corrected chi connectivity index (χ0v) is 6.10. The van der Waals surface area contributed by atoms with Gasteiger partial charge in [-0.1, -0.05) is 11.6 Å². The van der Waals surface area contributed by atoms with Gasteiger partial charge in [-0.15, -0.1) is 0 Å². The molecule has 0 aliphatic heterocycles. The molecule has 0 rings (SSSR count). The summed E-state index contributed by atoms with van der Waals surface area (Å²) in [6.07, 6.45) is 3.28. The Kier molecular flexibility index (Phi) is 10.2. The second-order valence-corrected chi connectivity index (χ2v) is 2.80. The van der Waals surface area contributed by atoms with Gasteiger partial charge in [0.2, 0.25) is 0 Å². The predicted molar refractivity (Wildman–Crippen MR) is 31.8 cm³/mol. The molecular weight excluding hydrogens is 158 g/mol. The van der Waals surface area contributed by atoms with Crippen LogP contribution in [0.2, 0.25) is 0 Å². The van der Waals surface area contributed by atoms with Crippen molar-refractivity contribution < 1.29 is 13.0 Å². The Labute approximate surface area is 54.5 Å². The average Bonchev–Trinajstić information content (AvgIpc) is 1.25. The second kappa shape index (κ2) is 7.30. The minimum absolute atomic E-state index is 0.611. The molecule has 0 N–H and O–H groups in total. The van der Waals surface area contributed by atoms with Crippen LogP contribution < -0.4 is 0 Å². The predicted octanol–water partition coefficient (Wildman–Crippen LogP) is 1.44. The molecule has 8 heavy (non-hydrogen) atoms. The molecule has 0 aromatic carbocycles. The Hall–Kier alpha value is 0.300. The molecule has 0 unspecified atom stereocenters. The molecule has 0 bridgehead atoms. The Balaban J connectivity index is 0. The molecule has 52 valence electrons. The maximum Gasteiger partial charge on any atom is 0.312 e. The van der Waals surface area contributed by atoms with Gasteiger partial charge >= 0.3 is 5.88 Å². The van der Waals surface area contributed by atoms with Crippen molar-refractivity contribution in [1.82, 2.24) is 0 Å². The van der Waals surface area contributed by atoms with Crippen molar-refractivity contribution >= 4 is 22.4 Å². The summed E-state index contributed by atoms with van der Waals surface area (Å²) in [6.45, 7) is 0. The Bertz CT molecular complexity index is 61.5. The van der Waals surface area contributed by atoms with Gasteiger partial charge in [-0.25, -0.2) is 0 Å². The van der Waals surface area contributed by atoms with E-state index in [2.05, 4.69) is 11.6 Å². The lowest BCUT2D eigenvalue weighted by molar-refractivity contribution is 0.243. The topological polar surface area (TPSA) is 17.1 Å². The van der Waals surface area contributed by atoms with Crippen molar-refractivity contribution in [3.63, 3.8) is 0 Å². The zero-order chi connectivity index (χ0) is 7.15. The molecule has 1 nitrogen and oxygen atoms in total. The molecule has 0 saturated carbocycles. The quantitative estimate of drug-likeness (QED) is 0.496. The highest BCUT2D eigenvalue weighted by atomic mass is 35.5. The first-order chi connectivity index (χ1) is 3.46. The second-order valence-electron chi connectivity index (χ2n) is 0.989. The van der Waals surface area contributed by atoms with E-state index in [0.29, 0.717) is 0 Å². The lowest BCUT2D eigenvalue weighted by Gasteiger charge is -1.66. The van der Waals surface area contributed by atoms with Crippen molar-refractivity contribution in [1.29, 1.82) is 0 Å². The summed E-state index contributed by atoms with van der Waals surface area (Å²) in [5.74, 6) is -2.69. The van der Waals surface area contributed by atoms with E-state index in [-0.39, 0.29) is 0 Å². The monoisotopic (exact) mass is 164 g/mol. The van der Waals surface area contributed by atoms with Gasteiger partial charge in [0, 0.05) is 23.3 Å². The van der Waals surface area contributed by atoms with E-state index in [1.807, 2.05) is 0 Å². The van der Waals surface area contributed by atoms with Gasteiger partial charge in [0.25, 0.3) is 0 Å². The molecule has 0 aromatic heterocycles. The van der Waals surface area contributed by atoms with E-state index >= 15 is 0 Å². The Morgan fingerprint density at radius 3 is 1.50 bits per heavy atom.